The average molecular weight is 397 g/mol. The van der Waals surface area contributed by atoms with Gasteiger partial charge in [-0.15, -0.1) is 0 Å². The van der Waals surface area contributed by atoms with E-state index in [0.717, 1.165) is 60.4 Å². The zero-order valence-electron chi connectivity index (χ0n) is 18.7. The number of aromatic nitrogens is 1. The Labute approximate surface area is 175 Å². The summed E-state index contributed by atoms with van der Waals surface area (Å²) < 4.78 is 2.17. The third kappa shape index (κ3) is 5.37. The molecule has 0 atom stereocenters. The van der Waals surface area contributed by atoms with E-state index in [4.69, 9.17) is 0 Å². The van der Waals surface area contributed by atoms with E-state index in [9.17, 15) is 9.59 Å². The number of nitrogens with zero attached hydrogens (tertiary/aromatic N) is 1. The first kappa shape index (κ1) is 22.9. The molecule has 4 nitrogen and oxygen atoms in total. The van der Waals surface area contributed by atoms with Crippen molar-refractivity contribution in [2.75, 3.05) is 5.32 Å². The molecule has 1 heterocycles. The van der Waals surface area contributed by atoms with Gasteiger partial charge in [-0.05, 0) is 43.7 Å². The van der Waals surface area contributed by atoms with Crippen LogP contribution >= 0.6 is 0 Å². The van der Waals surface area contributed by atoms with Crippen LogP contribution < -0.4 is 10.7 Å². The van der Waals surface area contributed by atoms with Gasteiger partial charge in [0.1, 0.15) is 5.56 Å². The van der Waals surface area contributed by atoms with E-state index in [1.54, 1.807) is 6.07 Å². The van der Waals surface area contributed by atoms with Gasteiger partial charge in [0.15, 0.2) is 5.43 Å². The van der Waals surface area contributed by atoms with Gasteiger partial charge in [-0.3, -0.25) is 9.59 Å². The summed E-state index contributed by atoms with van der Waals surface area (Å²) in [5, 5.41) is 3.08. The topological polar surface area (TPSA) is 51.1 Å². The smallest absolute Gasteiger partial charge is 0.261 e. The van der Waals surface area contributed by atoms with Crippen molar-refractivity contribution in [2.24, 2.45) is 0 Å². The maximum Gasteiger partial charge on any atom is 0.261 e. The largest absolute Gasteiger partial charge is 0.348 e. The van der Waals surface area contributed by atoms with Gasteiger partial charge in [0.25, 0.3) is 5.91 Å². The van der Waals surface area contributed by atoms with Crippen molar-refractivity contribution in [3.8, 4) is 0 Å². The molecule has 0 radical (unpaired) electrons. The lowest BCUT2D eigenvalue weighted by Crippen LogP contribution is -2.28. The number of benzene rings is 1. The molecule has 0 bridgehead atoms. The van der Waals surface area contributed by atoms with Crippen LogP contribution in [0.1, 0.15) is 86.3 Å². The first-order valence-electron chi connectivity index (χ1n) is 11.1. The Morgan fingerprint density at radius 1 is 0.966 bits per heavy atom. The lowest BCUT2D eigenvalue weighted by molar-refractivity contribution is 0.102. The number of amides is 1. The van der Waals surface area contributed by atoms with Crippen molar-refractivity contribution in [3.63, 3.8) is 0 Å². The Morgan fingerprint density at radius 3 is 2.17 bits per heavy atom. The Bertz CT molecular complexity index is 874. The number of carbonyl (C=O) groups is 1. The summed E-state index contributed by atoms with van der Waals surface area (Å²) in [6.07, 6.45) is 6.94. The molecular formula is C25H36N2O2. The number of anilines is 1. The molecule has 0 fully saturated rings. The van der Waals surface area contributed by atoms with Gasteiger partial charge in [0.05, 0.1) is 0 Å². The van der Waals surface area contributed by atoms with E-state index in [0.29, 0.717) is 12.0 Å². The molecule has 0 spiro atoms. The number of hydrogen-bond acceptors (Lipinski definition) is 2. The first-order valence-corrected chi connectivity index (χ1v) is 11.1. The molecule has 2 rings (SSSR count). The fraction of sp³-hybridized carbons (Fsp3) is 0.520. The molecule has 0 aliphatic rings. The molecule has 1 aromatic heterocycles. The normalized spacial score (nSPS) is 10.9. The average Bonchev–Trinajstić information content (AvgIpc) is 2.71. The minimum atomic E-state index is -0.287. The van der Waals surface area contributed by atoms with Crippen molar-refractivity contribution >= 4 is 11.6 Å². The second kappa shape index (κ2) is 11.0. The molecule has 0 aliphatic carbocycles. The van der Waals surface area contributed by atoms with Gasteiger partial charge in [-0.1, -0.05) is 65.2 Å². The van der Waals surface area contributed by atoms with Gasteiger partial charge in [0.2, 0.25) is 0 Å². The van der Waals surface area contributed by atoms with Crippen LogP contribution in [0.2, 0.25) is 0 Å². The Morgan fingerprint density at radius 2 is 1.62 bits per heavy atom. The van der Waals surface area contributed by atoms with Crippen LogP contribution in [0.5, 0.6) is 0 Å². The van der Waals surface area contributed by atoms with Crippen LogP contribution in [0.25, 0.3) is 0 Å². The number of hydrogen-bond donors (Lipinski definition) is 1. The molecule has 1 aromatic carbocycles. The van der Waals surface area contributed by atoms with Crippen LogP contribution in [0.3, 0.4) is 0 Å². The SMILES string of the molecule is CCCCCCn1c(C)cc(=O)c(C(=O)Nc2c(CC)cccc2CC)c1CC. The molecule has 0 saturated heterocycles. The molecule has 29 heavy (non-hydrogen) atoms. The second-order valence-corrected chi connectivity index (χ2v) is 7.65. The number of nitrogens with one attached hydrogen (secondary N) is 1. The van der Waals surface area contributed by atoms with Crippen molar-refractivity contribution in [3.05, 3.63) is 62.6 Å². The number of carbonyl (C=O) groups excluding carboxylic acids is 1. The minimum Gasteiger partial charge on any atom is -0.348 e. The van der Waals surface area contributed by atoms with Crippen molar-refractivity contribution in [1.29, 1.82) is 0 Å². The van der Waals surface area contributed by atoms with E-state index in [1.165, 1.54) is 12.8 Å². The fourth-order valence-corrected chi connectivity index (χ4v) is 4.03. The summed E-state index contributed by atoms with van der Waals surface area (Å²) in [6.45, 7) is 11.2. The molecule has 0 aliphatic heterocycles. The number of para-hydroxylation sites is 1. The summed E-state index contributed by atoms with van der Waals surface area (Å²) in [4.78, 5) is 26.1. The summed E-state index contributed by atoms with van der Waals surface area (Å²) >= 11 is 0. The predicted octanol–water partition coefficient (Wildman–Crippen LogP) is 5.68. The monoisotopic (exact) mass is 396 g/mol. The van der Waals surface area contributed by atoms with Crippen LogP contribution in [-0.4, -0.2) is 10.5 Å². The van der Waals surface area contributed by atoms with Crippen molar-refractivity contribution in [1.82, 2.24) is 4.57 Å². The summed E-state index contributed by atoms with van der Waals surface area (Å²) in [7, 11) is 0. The molecule has 1 amide bonds. The second-order valence-electron chi connectivity index (χ2n) is 7.65. The zero-order chi connectivity index (χ0) is 21.4. The molecule has 0 saturated carbocycles. The van der Waals surface area contributed by atoms with E-state index in [1.807, 2.05) is 32.0 Å². The lowest BCUT2D eigenvalue weighted by atomic mass is 10.0. The maximum atomic E-state index is 13.3. The van der Waals surface area contributed by atoms with E-state index in [-0.39, 0.29) is 11.3 Å². The highest BCUT2D eigenvalue weighted by atomic mass is 16.2. The molecular weight excluding hydrogens is 360 g/mol. The van der Waals surface area contributed by atoms with E-state index < -0.39 is 0 Å². The standard InChI is InChI=1S/C25H36N2O2/c1-6-10-11-12-16-27-18(5)17-22(28)23(21(27)9-4)25(29)26-24-19(7-2)14-13-15-20(24)8-3/h13-15,17H,6-12,16H2,1-5H3,(H,26,29). The Hall–Kier alpha value is -2.36. The molecule has 1 N–H and O–H groups in total. The highest BCUT2D eigenvalue weighted by Gasteiger charge is 2.20. The molecule has 4 heteroatoms. The molecule has 158 valence electrons. The minimum absolute atomic E-state index is 0.186. The van der Waals surface area contributed by atoms with Gasteiger partial charge >= 0.3 is 0 Å². The maximum absolute atomic E-state index is 13.3. The fourth-order valence-electron chi connectivity index (χ4n) is 4.03. The molecule has 0 unspecified atom stereocenters. The van der Waals surface area contributed by atoms with E-state index in [2.05, 4.69) is 30.7 Å². The van der Waals surface area contributed by atoms with Gasteiger partial charge < -0.3 is 9.88 Å². The van der Waals surface area contributed by atoms with Crippen molar-refractivity contribution < 1.29 is 4.79 Å². The molecule has 2 aromatic rings. The van der Waals surface area contributed by atoms with Crippen LogP contribution in [0, 0.1) is 6.92 Å². The first-order chi connectivity index (χ1) is 14.0. The summed E-state index contributed by atoms with van der Waals surface area (Å²) in [5.41, 5.74) is 4.94. The third-order valence-corrected chi connectivity index (χ3v) is 5.66. The van der Waals surface area contributed by atoms with Crippen LogP contribution in [-0.2, 0) is 25.8 Å². The number of rotatable bonds is 10. The Kier molecular flexibility index (Phi) is 8.69. The van der Waals surface area contributed by atoms with Gasteiger partial charge in [-0.25, -0.2) is 0 Å². The van der Waals surface area contributed by atoms with E-state index >= 15 is 0 Å². The highest BCUT2D eigenvalue weighted by molar-refractivity contribution is 6.05. The summed E-state index contributed by atoms with van der Waals surface area (Å²) in [6, 6.07) is 7.72. The summed E-state index contributed by atoms with van der Waals surface area (Å²) in [5.74, 6) is -0.287. The number of unbranched alkanes of at least 4 members (excludes halogenated alkanes) is 3. The third-order valence-electron chi connectivity index (χ3n) is 5.66. The highest BCUT2D eigenvalue weighted by Crippen LogP contribution is 2.24. The van der Waals surface area contributed by atoms with Crippen LogP contribution in [0.15, 0.2) is 29.1 Å². The van der Waals surface area contributed by atoms with Crippen LogP contribution in [0.4, 0.5) is 5.69 Å². The van der Waals surface area contributed by atoms with Crippen molar-refractivity contribution in [2.45, 2.75) is 86.1 Å². The number of aryl methyl sites for hydroxylation is 3. The van der Waals surface area contributed by atoms with Gasteiger partial charge in [0, 0.05) is 29.7 Å². The number of pyridine rings is 1. The van der Waals surface area contributed by atoms with Gasteiger partial charge in [-0.2, -0.15) is 0 Å². The zero-order valence-corrected chi connectivity index (χ0v) is 18.7. The lowest BCUT2D eigenvalue weighted by Gasteiger charge is -2.20. The predicted molar refractivity (Wildman–Crippen MR) is 122 cm³/mol. The Balaban J connectivity index is 2.44. The quantitative estimate of drug-likeness (QED) is 0.526.